The van der Waals surface area contributed by atoms with Crippen LogP contribution in [0.15, 0.2) is 47.4 Å². The standard InChI is InChI=1S/C25H28N4O7S/c1-25(17-5-10-20-21(15-17)36-14-4-13-35-20)23(31)29(24(32)27-25)16-22(30)26-18-6-8-19(9-7-18)37(33,34)28-11-2-3-12-28/h5-10,15H,2-4,11-14,16H2,1H3,(H,26,30)(H,27,32)/t25-/m0/s1. The zero-order chi connectivity index (χ0) is 26.2. The SMILES string of the molecule is C[C@@]1(c2ccc3c(c2)OCCCO3)NC(=O)N(CC(=O)Nc2ccc(S(=O)(=O)N3CCCC3)cc2)C1=O. The third kappa shape index (κ3) is 4.74. The zero-order valence-electron chi connectivity index (χ0n) is 20.4. The lowest BCUT2D eigenvalue weighted by Gasteiger charge is -2.23. The highest BCUT2D eigenvalue weighted by atomic mass is 32.2. The summed E-state index contributed by atoms with van der Waals surface area (Å²) in [5.74, 6) is -0.113. The van der Waals surface area contributed by atoms with Gasteiger partial charge in [-0.25, -0.2) is 13.2 Å². The van der Waals surface area contributed by atoms with Gasteiger partial charge in [-0.3, -0.25) is 14.5 Å². The van der Waals surface area contributed by atoms with Crippen LogP contribution in [0.3, 0.4) is 0 Å². The molecule has 3 heterocycles. The second-order valence-corrected chi connectivity index (χ2v) is 11.3. The van der Waals surface area contributed by atoms with E-state index in [4.69, 9.17) is 9.47 Å². The summed E-state index contributed by atoms with van der Waals surface area (Å²) in [5.41, 5.74) is -0.524. The molecule has 0 spiro atoms. The molecule has 2 saturated heterocycles. The van der Waals surface area contributed by atoms with Crippen LogP contribution in [0.4, 0.5) is 10.5 Å². The summed E-state index contributed by atoms with van der Waals surface area (Å²) in [4.78, 5) is 39.6. The van der Waals surface area contributed by atoms with Gasteiger partial charge in [-0.2, -0.15) is 4.31 Å². The molecule has 5 rings (SSSR count). The molecule has 0 saturated carbocycles. The summed E-state index contributed by atoms with van der Waals surface area (Å²) in [7, 11) is -3.57. The summed E-state index contributed by atoms with van der Waals surface area (Å²) < 4.78 is 38.1. The molecule has 1 atom stereocenters. The van der Waals surface area contributed by atoms with Gasteiger partial charge in [-0.05, 0) is 61.7 Å². The number of rotatable bonds is 6. The van der Waals surface area contributed by atoms with Crippen LogP contribution in [0.1, 0.15) is 31.7 Å². The van der Waals surface area contributed by atoms with Gasteiger partial charge < -0.3 is 20.1 Å². The second kappa shape index (κ2) is 9.67. The number of carbonyl (C=O) groups is 3. The first-order valence-corrected chi connectivity index (χ1v) is 13.6. The highest BCUT2D eigenvalue weighted by Crippen LogP contribution is 2.36. The van der Waals surface area contributed by atoms with Gasteiger partial charge in [0.25, 0.3) is 5.91 Å². The van der Waals surface area contributed by atoms with Crippen LogP contribution in [0.25, 0.3) is 0 Å². The number of benzene rings is 2. The maximum absolute atomic E-state index is 13.3. The minimum atomic E-state index is -3.57. The summed E-state index contributed by atoms with van der Waals surface area (Å²) >= 11 is 0. The molecule has 0 radical (unpaired) electrons. The fourth-order valence-electron chi connectivity index (χ4n) is 4.64. The number of fused-ring (bicyclic) bond motifs is 1. The van der Waals surface area contributed by atoms with Crippen LogP contribution < -0.4 is 20.1 Å². The van der Waals surface area contributed by atoms with Crippen molar-refractivity contribution in [3.63, 3.8) is 0 Å². The first-order chi connectivity index (χ1) is 17.7. The first-order valence-electron chi connectivity index (χ1n) is 12.1. The summed E-state index contributed by atoms with van der Waals surface area (Å²) in [6, 6.07) is 10.2. The van der Waals surface area contributed by atoms with Crippen molar-refractivity contribution < 1.29 is 32.3 Å². The molecule has 11 nitrogen and oxygen atoms in total. The smallest absolute Gasteiger partial charge is 0.325 e. The van der Waals surface area contributed by atoms with E-state index in [0.717, 1.165) is 24.2 Å². The zero-order valence-corrected chi connectivity index (χ0v) is 21.2. The molecule has 0 bridgehead atoms. The average molecular weight is 529 g/mol. The van der Waals surface area contributed by atoms with Crippen LogP contribution in [-0.4, -0.2) is 68.3 Å². The molecule has 2 N–H and O–H groups in total. The van der Waals surface area contributed by atoms with Gasteiger partial charge in [0.15, 0.2) is 11.5 Å². The van der Waals surface area contributed by atoms with Gasteiger partial charge in [0.1, 0.15) is 12.1 Å². The van der Waals surface area contributed by atoms with Gasteiger partial charge in [0.2, 0.25) is 15.9 Å². The summed E-state index contributed by atoms with van der Waals surface area (Å²) in [5, 5.41) is 5.29. The fraction of sp³-hybridized carbons (Fsp3) is 0.400. The maximum Gasteiger partial charge on any atom is 0.325 e. The molecule has 3 aliphatic heterocycles. The van der Waals surface area contributed by atoms with Crippen molar-refractivity contribution in [2.45, 2.75) is 36.6 Å². The molecule has 37 heavy (non-hydrogen) atoms. The molecule has 0 aromatic heterocycles. The van der Waals surface area contributed by atoms with E-state index in [1.807, 2.05) is 0 Å². The predicted molar refractivity (Wildman–Crippen MR) is 133 cm³/mol. The van der Waals surface area contributed by atoms with E-state index in [-0.39, 0.29) is 4.90 Å². The Bertz CT molecular complexity index is 1340. The normalized spacial score (nSPS) is 22.0. The third-order valence-electron chi connectivity index (χ3n) is 6.74. The number of imide groups is 1. The van der Waals surface area contributed by atoms with Crippen LogP contribution in [0, 0.1) is 0 Å². The Kier molecular flexibility index (Phi) is 6.54. The van der Waals surface area contributed by atoms with E-state index < -0.39 is 40.0 Å². The molecule has 0 unspecified atom stereocenters. The Hall–Kier alpha value is -3.64. The average Bonchev–Trinajstić information content (AvgIpc) is 3.41. The van der Waals surface area contributed by atoms with E-state index in [0.29, 0.717) is 49.1 Å². The summed E-state index contributed by atoms with van der Waals surface area (Å²) in [6.07, 6.45) is 2.41. The Morgan fingerprint density at radius 3 is 2.38 bits per heavy atom. The van der Waals surface area contributed by atoms with Crippen molar-refractivity contribution in [2.24, 2.45) is 0 Å². The minimum absolute atomic E-state index is 0.146. The molecule has 196 valence electrons. The van der Waals surface area contributed by atoms with E-state index in [9.17, 15) is 22.8 Å². The van der Waals surface area contributed by atoms with E-state index in [1.165, 1.54) is 28.6 Å². The topological polar surface area (TPSA) is 134 Å². The molecule has 4 amide bonds. The number of amides is 4. The monoisotopic (exact) mass is 528 g/mol. The Balaban J connectivity index is 1.25. The molecular weight excluding hydrogens is 500 g/mol. The second-order valence-electron chi connectivity index (χ2n) is 9.34. The molecular formula is C25H28N4O7S. The van der Waals surface area contributed by atoms with Crippen LogP contribution >= 0.6 is 0 Å². The predicted octanol–water partition coefficient (Wildman–Crippen LogP) is 2.04. The molecule has 2 aromatic rings. The lowest BCUT2D eigenvalue weighted by atomic mass is 9.91. The van der Waals surface area contributed by atoms with E-state index in [2.05, 4.69) is 10.6 Å². The number of ether oxygens (including phenoxy) is 2. The number of hydrogen-bond acceptors (Lipinski definition) is 7. The summed E-state index contributed by atoms with van der Waals surface area (Å²) in [6.45, 7) is 3.07. The van der Waals surface area contributed by atoms with Gasteiger partial charge in [0.05, 0.1) is 18.1 Å². The quantitative estimate of drug-likeness (QED) is 0.548. The Labute approximate surface area is 214 Å². The lowest BCUT2D eigenvalue weighted by molar-refractivity contribution is -0.133. The maximum atomic E-state index is 13.3. The van der Waals surface area contributed by atoms with Crippen molar-refractivity contribution in [3.05, 3.63) is 48.0 Å². The molecule has 0 aliphatic carbocycles. The lowest BCUT2D eigenvalue weighted by Crippen LogP contribution is -2.42. The van der Waals surface area contributed by atoms with Gasteiger partial charge in [-0.15, -0.1) is 0 Å². The highest BCUT2D eigenvalue weighted by molar-refractivity contribution is 7.89. The van der Waals surface area contributed by atoms with Crippen LogP contribution in [0.5, 0.6) is 11.5 Å². The number of carbonyl (C=O) groups excluding carboxylic acids is 3. The minimum Gasteiger partial charge on any atom is -0.490 e. The number of hydrogen-bond donors (Lipinski definition) is 2. The Morgan fingerprint density at radius 2 is 1.68 bits per heavy atom. The van der Waals surface area contributed by atoms with Gasteiger partial charge in [0, 0.05) is 25.2 Å². The van der Waals surface area contributed by atoms with E-state index >= 15 is 0 Å². The molecule has 3 aliphatic rings. The van der Waals surface area contributed by atoms with Crippen molar-refractivity contribution >= 4 is 33.6 Å². The molecule has 2 aromatic carbocycles. The van der Waals surface area contributed by atoms with Crippen molar-refractivity contribution in [1.29, 1.82) is 0 Å². The number of nitrogens with one attached hydrogen (secondary N) is 2. The number of nitrogens with zero attached hydrogens (tertiary/aromatic N) is 2. The fourth-order valence-corrected chi connectivity index (χ4v) is 6.16. The highest BCUT2D eigenvalue weighted by Gasteiger charge is 2.49. The number of sulfonamides is 1. The number of anilines is 1. The van der Waals surface area contributed by atoms with Crippen molar-refractivity contribution in [1.82, 2.24) is 14.5 Å². The van der Waals surface area contributed by atoms with E-state index in [1.54, 1.807) is 25.1 Å². The first kappa shape index (κ1) is 25.0. The third-order valence-corrected chi connectivity index (χ3v) is 8.66. The molecule has 2 fully saturated rings. The number of urea groups is 1. The van der Waals surface area contributed by atoms with Crippen molar-refractivity contribution in [3.8, 4) is 11.5 Å². The van der Waals surface area contributed by atoms with Crippen molar-refractivity contribution in [2.75, 3.05) is 38.2 Å². The largest absolute Gasteiger partial charge is 0.490 e. The van der Waals surface area contributed by atoms with Gasteiger partial charge >= 0.3 is 6.03 Å². The Morgan fingerprint density at radius 1 is 1.00 bits per heavy atom. The van der Waals surface area contributed by atoms with Gasteiger partial charge in [-0.1, -0.05) is 6.07 Å². The molecule has 12 heteroatoms. The van der Waals surface area contributed by atoms with Crippen LogP contribution in [0.2, 0.25) is 0 Å². The van der Waals surface area contributed by atoms with Crippen LogP contribution in [-0.2, 0) is 25.2 Å².